The number of aromatic amines is 2. The standard InChI is InChI=1S/C32H24N2OS/c1-19-3-7-21(8-4-19)30-25-12-11-24(33-25)23-17-18-36-32(23)27-14-13-26(34-27)31(29-16-15-28(30)35-29)22-9-5-20(2)6-10-22/h3-18,33-34H,1-2H3/b24-23-,30-25-,30-28?,31-26-,31-29?,32-27+. The third kappa shape index (κ3) is 3.42. The zero-order chi connectivity index (χ0) is 24.2. The minimum Gasteiger partial charge on any atom is -0.456 e. The van der Waals surface area contributed by atoms with Gasteiger partial charge in [-0.15, -0.1) is 11.3 Å². The number of benzene rings is 2. The summed E-state index contributed by atoms with van der Waals surface area (Å²) in [7, 11) is 0. The zero-order valence-corrected chi connectivity index (χ0v) is 20.9. The van der Waals surface area contributed by atoms with Gasteiger partial charge in [0.05, 0.1) is 20.6 Å². The zero-order valence-electron chi connectivity index (χ0n) is 20.1. The van der Waals surface area contributed by atoms with Crippen LogP contribution < -0.4 is 10.7 Å². The Labute approximate surface area is 211 Å². The van der Waals surface area contributed by atoms with Crippen LogP contribution >= 0.6 is 11.3 Å². The van der Waals surface area contributed by atoms with E-state index in [1.165, 1.54) is 20.9 Å². The third-order valence-corrected chi connectivity index (χ3v) is 7.84. The first-order chi connectivity index (χ1) is 17.6. The van der Waals surface area contributed by atoms with Gasteiger partial charge in [-0.1, -0.05) is 59.7 Å². The van der Waals surface area contributed by atoms with Crippen LogP contribution in [-0.2, 0) is 0 Å². The number of hydrogen-bond donors (Lipinski definition) is 2. The number of H-pyrrole nitrogens is 2. The molecular weight excluding hydrogens is 460 g/mol. The average Bonchev–Trinajstić information content (AvgIpc) is 3.69. The van der Waals surface area contributed by atoms with Crippen LogP contribution in [0, 0.1) is 34.3 Å². The molecule has 0 saturated carbocycles. The van der Waals surface area contributed by atoms with Crippen molar-refractivity contribution in [2.24, 2.45) is 0 Å². The van der Waals surface area contributed by atoms with E-state index in [1.807, 2.05) is 0 Å². The van der Waals surface area contributed by atoms with E-state index in [2.05, 4.69) is 120 Å². The number of aromatic nitrogens is 2. The van der Waals surface area contributed by atoms with Crippen LogP contribution in [0.3, 0.4) is 0 Å². The SMILES string of the molecule is Cc1ccc(/C2=c3\cc/c([nH]3)=c3\ccs\c3=c3/cc/c([nH]3)=C(\c3ccc(C)cc3)c3ccc2o3)cc1. The molecule has 4 aromatic heterocycles. The number of nitrogens with one attached hydrogen (secondary N) is 2. The van der Waals surface area contributed by atoms with Crippen molar-refractivity contribution in [1.29, 1.82) is 0 Å². The molecule has 6 aromatic rings. The number of thiophene rings is 1. The fraction of sp³-hybridized carbons (Fsp3) is 0.0625. The molecule has 2 N–H and O–H groups in total. The molecule has 174 valence electrons. The molecule has 0 fully saturated rings. The predicted octanol–water partition coefficient (Wildman–Crippen LogP) is 6.00. The summed E-state index contributed by atoms with van der Waals surface area (Å²) >= 11 is 1.75. The molecule has 0 amide bonds. The van der Waals surface area contributed by atoms with Crippen molar-refractivity contribution < 1.29 is 4.42 Å². The van der Waals surface area contributed by atoms with Crippen LogP contribution in [0.4, 0.5) is 0 Å². The highest BCUT2D eigenvalue weighted by atomic mass is 32.1. The third-order valence-electron chi connectivity index (χ3n) is 6.89. The minimum atomic E-state index is 0.837. The molecule has 2 aromatic carbocycles. The van der Waals surface area contributed by atoms with E-state index < -0.39 is 0 Å². The van der Waals surface area contributed by atoms with Crippen molar-refractivity contribution >= 4 is 22.5 Å². The van der Waals surface area contributed by atoms with Gasteiger partial charge >= 0.3 is 0 Å². The van der Waals surface area contributed by atoms with Crippen LogP contribution in [0.1, 0.15) is 33.8 Å². The van der Waals surface area contributed by atoms with E-state index in [1.54, 1.807) is 11.3 Å². The summed E-state index contributed by atoms with van der Waals surface area (Å²) in [4.78, 5) is 7.39. The fourth-order valence-electron chi connectivity index (χ4n) is 5.01. The molecular formula is C32H24N2OS. The molecule has 6 bridgehead atoms. The predicted molar refractivity (Wildman–Crippen MR) is 145 cm³/mol. The van der Waals surface area contributed by atoms with Crippen LogP contribution in [0.5, 0.6) is 0 Å². The van der Waals surface area contributed by atoms with E-state index >= 15 is 0 Å². The van der Waals surface area contributed by atoms with Crippen LogP contribution in [0.25, 0.3) is 11.1 Å². The molecule has 0 radical (unpaired) electrons. The highest BCUT2D eigenvalue weighted by Gasteiger charge is 2.17. The summed E-state index contributed by atoms with van der Waals surface area (Å²) in [6.07, 6.45) is 0. The van der Waals surface area contributed by atoms with Gasteiger partial charge in [-0.2, -0.15) is 0 Å². The Kier molecular flexibility index (Phi) is 4.76. The molecule has 0 spiro atoms. The normalized spacial score (nSPS) is 17.6. The van der Waals surface area contributed by atoms with Gasteiger partial charge in [0.15, 0.2) is 0 Å². The monoisotopic (exact) mass is 484 g/mol. The summed E-state index contributed by atoms with van der Waals surface area (Å²) < 4.78 is 7.89. The van der Waals surface area contributed by atoms with Gasteiger partial charge in [-0.3, -0.25) is 0 Å². The number of furan rings is 1. The van der Waals surface area contributed by atoms with Crippen LogP contribution in [0.2, 0.25) is 0 Å². The smallest absolute Gasteiger partial charge is 0.137 e. The fourth-order valence-corrected chi connectivity index (χ4v) is 5.90. The Hall–Kier alpha value is -4.28. The lowest BCUT2D eigenvalue weighted by Gasteiger charge is -2.07. The summed E-state index contributed by atoms with van der Waals surface area (Å²) in [6.45, 7) is 4.23. The Morgan fingerprint density at radius 1 is 0.528 bits per heavy atom. The lowest BCUT2D eigenvalue weighted by atomic mass is 10.0. The van der Waals surface area contributed by atoms with Crippen molar-refractivity contribution in [3.05, 3.63) is 161 Å². The first kappa shape index (κ1) is 21.0. The second-order valence-corrected chi connectivity index (χ2v) is 10.3. The second kappa shape index (κ2) is 8.14. The molecule has 0 unspecified atom stereocenters. The van der Waals surface area contributed by atoms with E-state index in [0.717, 1.165) is 55.2 Å². The number of hydrogen-bond acceptors (Lipinski definition) is 2. The highest BCUT2D eigenvalue weighted by molar-refractivity contribution is 7.08. The summed E-state index contributed by atoms with van der Waals surface area (Å²) in [5.74, 6) is 1.67. The lowest BCUT2D eigenvalue weighted by Crippen LogP contribution is -2.09. The molecule has 0 saturated heterocycles. The topological polar surface area (TPSA) is 44.7 Å². The largest absolute Gasteiger partial charge is 0.456 e. The second-order valence-electron chi connectivity index (χ2n) is 9.38. The van der Waals surface area contributed by atoms with Crippen molar-refractivity contribution in [3.8, 4) is 0 Å². The van der Waals surface area contributed by atoms with Crippen molar-refractivity contribution in [1.82, 2.24) is 9.97 Å². The number of rotatable bonds is 2. The summed E-state index contributed by atoms with van der Waals surface area (Å²) in [6, 6.07) is 32.3. The molecule has 5 heterocycles. The Morgan fingerprint density at radius 2 is 1.03 bits per heavy atom. The Bertz CT molecular complexity index is 1900. The summed E-state index contributed by atoms with van der Waals surface area (Å²) in [5, 5.41) is 7.62. The Balaban J connectivity index is 1.68. The molecule has 4 heteroatoms. The molecule has 1 aliphatic heterocycles. The average molecular weight is 485 g/mol. The first-order valence-corrected chi connectivity index (χ1v) is 13.0. The van der Waals surface area contributed by atoms with Gasteiger partial charge in [-0.05, 0) is 72.8 Å². The van der Waals surface area contributed by atoms with E-state index in [0.29, 0.717) is 0 Å². The van der Waals surface area contributed by atoms with Crippen molar-refractivity contribution in [2.75, 3.05) is 0 Å². The van der Waals surface area contributed by atoms with Crippen molar-refractivity contribution in [3.63, 3.8) is 0 Å². The molecule has 1 aliphatic rings. The van der Waals surface area contributed by atoms with Gasteiger partial charge in [0.2, 0.25) is 0 Å². The number of fused-ring (bicyclic) bond motifs is 7. The maximum atomic E-state index is 6.67. The molecule has 36 heavy (non-hydrogen) atoms. The van der Waals surface area contributed by atoms with Crippen LogP contribution in [0.15, 0.2) is 101 Å². The number of aryl methyl sites for hydroxylation is 2. The molecule has 0 atom stereocenters. The maximum absolute atomic E-state index is 6.67. The minimum absolute atomic E-state index is 0.837. The van der Waals surface area contributed by atoms with Crippen LogP contribution in [-0.4, -0.2) is 9.97 Å². The maximum Gasteiger partial charge on any atom is 0.137 e. The highest BCUT2D eigenvalue weighted by Crippen LogP contribution is 2.29. The van der Waals surface area contributed by atoms with E-state index in [-0.39, 0.29) is 0 Å². The van der Waals surface area contributed by atoms with E-state index in [9.17, 15) is 0 Å². The Morgan fingerprint density at radius 3 is 1.61 bits per heavy atom. The quantitative estimate of drug-likeness (QED) is 0.311. The van der Waals surface area contributed by atoms with Gasteiger partial charge in [0.1, 0.15) is 11.5 Å². The lowest BCUT2D eigenvalue weighted by molar-refractivity contribution is 0.539. The first-order valence-electron chi connectivity index (χ1n) is 12.1. The molecule has 7 rings (SSSR count). The summed E-state index contributed by atoms with van der Waals surface area (Å²) in [5.41, 5.74) is 6.81. The molecule has 0 aliphatic carbocycles. The van der Waals surface area contributed by atoms with Gasteiger partial charge in [0.25, 0.3) is 0 Å². The van der Waals surface area contributed by atoms with Gasteiger partial charge in [0, 0.05) is 21.7 Å². The molecule has 3 nitrogen and oxygen atoms in total. The van der Waals surface area contributed by atoms with Gasteiger partial charge < -0.3 is 14.4 Å². The van der Waals surface area contributed by atoms with Crippen molar-refractivity contribution in [2.45, 2.75) is 13.8 Å². The van der Waals surface area contributed by atoms with E-state index in [4.69, 9.17) is 4.42 Å². The van der Waals surface area contributed by atoms with Gasteiger partial charge in [-0.25, -0.2) is 0 Å².